The Morgan fingerprint density at radius 3 is 2.83 bits per heavy atom. The first-order valence-electron chi connectivity index (χ1n) is 7.45. The van der Waals surface area contributed by atoms with E-state index in [0.717, 1.165) is 29.7 Å². The second kappa shape index (κ2) is 5.92. The van der Waals surface area contributed by atoms with Crippen LogP contribution in [-0.4, -0.2) is 25.0 Å². The molecular formula is C17H16N6. The van der Waals surface area contributed by atoms with Gasteiger partial charge in [-0.15, -0.1) is 0 Å². The normalized spacial score (nSPS) is 11.0. The Kier molecular flexibility index (Phi) is 3.48. The molecule has 0 aliphatic rings. The lowest BCUT2D eigenvalue weighted by molar-refractivity contribution is 0.685. The molecule has 2 heterocycles. The molecule has 4 rings (SSSR count). The molecule has 4 aromatic rings. The van der Waals surface area contributed by atoms with Gasteiger partial charge in [-0.05, 0) is 23.3 Å². The monoisotopic (exact) mass is 304 g/mol. The van der Waals surface area contributed by atoms with Gasteiger partial charge >= 0.3 is 0 Å². The molecule has 2 N–H and O–H groups in total. The number of benzene rings is 2. The Morgan fingerprint density at radius 2 is 2.00 bits per heavy atom. The molecule has 23 heavy (non-hydrogen) atoms. The lowest BCUT2D eigenvalue weighted by Crippen LogP contribution is -2.02. The van der Waals surface area contributed by atoms with Gasteiger partial charge in [0.25, 0.3) is 0 Å². The van der Waals surface area contributed by atoms with Gasteiger partial charge in [0.15, 0.2) is 0 Å². The highest BCUT2D eigenvalue weighted by Gasteiger charge is 2.02. The van der Waals surface area contributed by atoms with Crippen molar-refractivity contribution in [3.63, 3.8) is 0 Å². The molecule has 2 aromatic carbocycles. The molecule has 6 heteroatoms. The van der Waals surface area contributed by atoms with Crippen molar-refractivity contribution < 1.29 is 0 Å². The van der Waals surface area contributed by atoms with Gasteiger partial charge in [0.1, 0.15) is 12.7 Å². The van der Waals surface area contributed by atoms with Gasteiger partial charge in [0.05, 0.1) is 18.3 Å². The van der Waals surface area contributed by atoms with Crippen LogP contribution in [0.1, 0.15) is 11.1 Å². The molecule has 0 fully saturated rings. The summed E-state index contributed by atoms with van der Waals surface area (Å²) in [5.74, 6) is 0. The van der Waals surface area contributed by atoms with Gasteiger partial charge in [0, 0.05) is 17.6 Å². The lowest BCUT2D eigenvalue weighted by Gasteiger charge is -2.08. The van der Waals surface area contributed by atoms with Crippen molar-refractivity contribution in [2.24, 2.45) is 0 Å². The average molecular weight is 304 g/mol. The summed E-state index contributed by atoms with van der Waals surface area (Å²) >= 11 is 0. The van der Waals surface area contributed by atoms with Crippen LogP contribution in [0.25, 0.3) is 10.9 Å². The SMILES string of the molecule is c1cc(CNc2ccc(Cn3cncn3)cc2)c2[nH]ncc2c1. The average Bonchev–Trinajstić information content (AvgIpc) is 3.25. The van der Waals surface area contributed by atoms with Crippen molar-refractivity contribution in [2.75, 3.05) is 5.32 Å². The number of anilines is 1. The van der Waals surface area contributed by atoms with Crippen LogP contribution in [0.4, 0.5) is 5.69 Å². The highest BCUT2D eigenvalue weighted by Crippen LogP contribution is 2.17. The van der Waals surface area contributed by atoms with Crippen LogP contribution in [0.5, 0.6) is 0 Å². The molecule has 0 spiro atoms. The van der Waals surface area contributed by atoms with Crippen LogP contribution in [0, 0.1) is 0 Å². The topological polar surface area (TPSA) is 71.4 Å². The van der Waals surface area contributed by atoms with E-state index in [1.165, 1.54) is 11.1 Å². The molecule has 0 amide bonds. The first-order chi connectivity index (χ1) is 11.4. The summed E-state index contributed by atoms with van der Waals surface area (Å²) in [6.45, 7) is 1.48. The van der Waals surface area contributed by atoms with E-state index >= 15 is 0 Å². The molecule has 0 unspecified atom stereocenters. The first kappa shape index (κ1) is 13.5. The van der Waals surface area contributed by atoms with Crippen molar-refractivity contribution in [2.45, 2.75) is 13.1 Å². The minimum atomic E-state index is 0.730. The van der Waals surface area contributed by atoms with E-state index < -0.39 is 0 Å². The summed E-state index contributed by atoms with van der Waals surface area (Å²) in [7, 11) is 0. The number of hydrogen-bond acceptors (Lipinski definition) is 4. The van der Waals surface area contributed by atoms with Crippen LogP contribution in [-0.2, 0) is 13.1 Å². The number of rotatable bonds is 5. The van der Waals surface area contributed by atoms with Crippen LogP contribution in [0.2, 0.25) is 0 Å². The summed E-state index contributed by atoms with van der Waals surface area (Å²) in [4.78, 5) is 3.95. The largest absolute Gasteiger partial charge is 0.381 e. The highest BCUT2D eigenvalue weighted by molar-refractivity contribution is 5.81. The van der Waals surface area contributed by atoms with Crippen LogP contribution in [0.15, 0.2) is 61.3 Å². The number of nitrogens with zero attached hydrogens (tertiary/aromatic N) is 4. The third-order valence-electron chi connectivity index (χ3n) is 3.81. The number of nitrogens with one attached hydrogen (secondary N) is 2. The highest BCUT2D eigenvalue weighted by atomic mass is 15.3. The standard InChI is InChI=1S/C17H16N6/c1-2-14(17-15(3-1)9-20-22-17)8-19-16-6-4-13(5-7-16)10-23-12-18-11-21-23/h1-7,9,11-12,19H,8,10H2,(H,20,22). The molecule has 0 radical (unpaired) electrons. The maximum Gasteiger partial charge on any atom is 0.137 e. The molecule has 114 valence electrons. The van der Waals surface area contributed by atoms with Crippen LogP contribution in [0.3, 0.4) is 0 Å². The van der Waals surface area contributed by atoms with E-state index in [4.69, 9.17) is 0 Å². The van der Waals surface area contributed by atoms with E-state index in [9.17, 15) is 0 Å². The van der Waals surface area contributed by atoms with Crippen molar-refractivity contribution in [1.82, 2.24) is 25.0 Å². The molecule has 0 saturated heterocycles. The Bertz CT molecular complexity index is 892. The van der Waals surface area contributed by atoms with Gasteiger partial charge in [-0.1, -0.05) is 30.3 Å². The van der Waals surface area contributed by atoms with E-state index in [1.54, 1.807) is 17.3 Å². The Labute approximate surface area is 133 Å². The van der Waals surface area contributed by atoms with Crippen molar-refractivity contribution >= 4 is 16.6 Å². The fraction of sp³-hybridized carbons (Fsp3) is 0.118. The Morgan fingerprint density at radius 1 is 1.09 bits per heavy atom. The molecular weight excluding hydrogens is 288 g/mol. The fourth-order valence-electron chi connectivity index (χ4n) is 2.60. The van der Waals surface area contributed by atoms with Crippen LogP contribution < -0.4 is 5.32 Å². The summed E-state index contributed by atoms with van der Waals surface area (Å²) in [6.07, 6.45) is 5.11. The van der Waals surface area contributed by atoms with E-state index in [1.807, 2.05) is 6.20 Å². The third-order valence-corrected chi connectivity index (χ3v) is 3.81. The number of aromatic nitrogens is 5. The van der Waals surface area contributed by atoms with Crippen molar-refractivity contribution in [3.8, 4) is 0 Å². The number of fused-ring (bicyclic) bond motifs is 1. The van der Waals surface area contributed by atoms with Gasteiger partial charge in [-0.25, -0.2) is 9.67 Å². The minimum absolute atomic E-state index is 0.730. The predicted molar refractivity (Wildman–Crippen MR) is 89.0 cm³/mol. The summed E-state index contributed by atoms with van der Waals surface area (Å²) < 4.78 is 1.81. The molecule has 0 bridgehead atoms. The maximum atomic E-state index is 4.11. The number of H-pyrrole nitrogens is 1. The predicted octanol–water partition coefficient (Wildman–Crippen LogP) is 2.81. The second-order valence-corrected chi connectivity index (χ2v) is 5.39. The quantitative estimate of drug-likeness (QED) is 0.595. The molecule has 2 aromatic heterocycles. The smallest absolute Gasteiger partial charge is 0.137 e. The van der Waals surface area contributed by atoms with E-state index in [-0.39, 0.29) is 0 Å². The number of hydrogen-bond donors (Lipinski definition) is 2. The number of aromatic amines is 1. The van der Waals surface area contributed by atoms with E-state index in [0.29, 0.717) is 0 Å². The summed E-state index contributed by atoms with van der Waals surface area (Å²) in [5.41, 5.74) is 4.56. The van der Waals surface area contributed by atoms with Gasteiger partial charge in [-0.3, -0.25) is 5.10 Å². The Balaban J connectivity index is 1.44. The van der Waals surface area contributed by atoms with Crippen LogP contribution >= 0.6 is 0 Å². The minimum Gasteiger partial charge on any atom is -0.381 e. The summed E-state index contributed by atoms with van der Waals surface area (Å²) in [6, 6.07) is 14.6. The third kappa shape index (κ3) is 2.91. The summed E-state index contributed by atoms with van der Waals surface area (Å²) in [5, 5.41) is 15.8. The fourth-order valence-corrected chi connectivity index (χ4v) is 2.60. The zero-order valence-corrected chi connectivity index (χ0v) is 12.5. The molecule has 0 atom stereocenters. The second-order valence-electron chi connectivity index (χ2n) is 5.39. The molecule has 0 aliphatic heterocycles. The van der Waals surface area contributed by atoms with E-state index in [2.05, 4.69) is 68.1 Å². The van der Waals surface area contributed by atoms with Crippen molar-refractivity contribution in [3.05, 3.63) is 72.4 Å². The lowest BCUT2D eigenvalue weighted by atomic mass is 10.1. The maximum absolute atomic E-state index is 4.11. The van der Waals surface area contributed by atoms with Gasteiger partial charge < -0.3 is 5.32 Å². The first-order valence-corrected chi connectivity index (χ1v) is 7.45. The van der Waals surface area contributed by atoms with Gasteiger partial charge in [-0.2, -0.15) is 10.2 Å². The van der Waals surface area contributed by atoms with Crippen molar-refractivity contribution in [1.29, 1.82) is 0 Å². The number of para-hydroxylation sites is 1. The Hall–Kier alpha value is -3.15. The zero-order valence-electron chi connectivity index (χ0n) is 12.5. The molecule has 0 saturated carbocycles. The molecule has 6 nitrogen and oxygen atoms in total. The molecule has 0 aliphatic carbocycles. The van der Waals surface area contributed by atoms with Gasteiger partial charge in [0.2, 0.25) is 0 Å². The zero-order chi connectivity index (χ0) is 15.5.